The molecule has 0 saturated carbocycles. The van der Waals surface area contributed by atoms with Crippen LogP contribution < -0.4 is 4.74 Å². The number of halogens is 2. The number of carbonyl (C=O) groups is 1. The van der Waals surface area contributed by atoms with Crippen LogP contribution in [-0.4, -0.2) is 12.9 Å². The lowest BCUT2D eigenvalue weighted by atomic mass is 9.84. The topological polar surface area (TPSA) is 26.3 Å². The standard InChI is InChI=1S/C18H16Cl2O2/c1-3-11-14(10-7-5-4-6-8-10)12-9-13(22-2)16(19)17(20)15(12)18(11)21/h4-9,11,14H,3H2,1-2H3/t11-,14-/m1/s1. The summed E-state index contributed by atoms with van der Waals surface area (Å²) < 4.78 is 5.31. The molecule has 114 valence electrons. The number of hydrogen-bond acceptors (Lipinski definition) is 2. The van der Waals surface area contributed by atoms with Crippen LogP contribution in [0.3, 0.4) is 0 Å². The van der Waals surface area contributed by atoms with Crippen molar-refractivity contribution >= 4 is 29.0 Å². The predicted octanol–water partition coefficient (Wildman–Crippen LogP) is 5.36. The van der Waals surface area contributed by atoms with Crippen molar-refractivity contribution in [2.24, 2.45) is 5.92 Å². The first-order valence-electron chi connectivity index (χ1n) is 7.25. The Bertz CT molecular complexity index is 726. The van der Waals surface area contributed by atoms with Gasteiger partial charge < -0.3 is 4.74 Å². The van der Waals surface area contributed by atoms with Gasteiger partial charge in [0.15, 0.2) is 5.78 Å². The van der Waals surface area contributed by atoms with Crippen molar-refractivity contribution in [3.05, 3.63) is 63.1 Å². The van der Waals surface area contributed by atoms with E-state index in [1.54, 1.807) is 7.11 Å². The van der Waals surface area contributed by atoms with E-state index >= 15 is 0 Å². The van der Waals surface area contributed by atoms with Gasteiger partial charge in [0.1, 0.15) is 10.8 Å². The van der Waals surface area contributed by atoms with Crippen LogP contribution in [0.15, 0.2) is 36.4 Å². The summed E-state index contributed by atoms with van der Waals surface area (Å²) in [7, 11) is 1.55. The smallest absolute Gasteiger partial charge is 0.168 e. The Morgan fingerprint density at radius 1 is 1.14 bits per heavy atom. The maximum atomic E-state index is 12.8. The first-order chi connectivity index (χ1) is 10.6. The number of methoxy groups -OCH3 is 1. The van der Waals surface area contributed by atoms with Crippen molar-refractivity contribution in [2.75, 3.05) is 7.11 Å². The SMILES string of the molecule is CC[C@H]1C(=O)c2c(cc(OC)c(Cl)c2Cl)[C@@H]1c1ccccc1. The summed E-state index contributed by atoms with van der Waals surface area (Å²) in [6, 6.07) is 11.9. The Morgan fingerprint density at radius 2 is 1.82 bits per heavy atom. The zero-order valence-electron chi connectivity index (χ0n) is 12.4. The van der Waals surface area contributed by atoms with Gasteiger partial charge >= 0.3 is 0 Å². The molecule has 0 amide bonds. The molecule has 0 radical (unpaired) electrons. The van der Waals surface area contributed by atoms with Gasteiger partial charge in [-0.15, -0.1) is 0 Å². The molecule has 0 unspecified atom stereocenters. The van der Waals surface area contributed by atoms with Crippen LogP contribution in [0.5, 0.6) is 5.75 Å². The van der Waals surface area contributed by atoms with E-state index in [4.69, 9.17) is 27.9 Å². The molecule has 1 aliphatic carbocycles. The molecule has 0 bridgehead atoms. The molecule has 2 nitrogen and oxygen atoms in total. The van der Waals surface area contributed by atoms with Crippen molar-refractivity contribution in [2.45, 2.75) is 19.3 Å². The second kappa shape index (κ2) is 5.94. The highest BCUT2D eigenvalue weighted by Crippen LogP contribution is 2.50. The van der Waals surface area contributed by atoms with E-state index < -0.39 is 0 Å². The van der Waals surface area contributed by atoms with Crippen LogP contribution in [0.4, 0.5) is 0 Å². The molecule has 0 heterocycles. The lowest BCUT2D eigenvalue weighted by molar-refractivity contribution is 0.0926. The lowest BCUT2D eigenvalue weighted by Gasteiger charge is -2.19. The molecule has 0 saturated heterocycles. The molecule has 3 rings (SSSR count). The van der Waals surface area contributed by atoms with Gasteiger partial charge in [-0.1, -0.05) is 60.5 Å². The van der Waals surface area contributed by atoms with Crippen molar-refractivity contribution in [1.82, 2.24) is 0 Å². The maximum Gasteiger partial charge on any atom is 0.168 e. The van der Waals surface area contributed by atoms with E-state index in [1.807, 2.05) is 43.3 Å². The molecule has 0 aromatic heterocycles. The van der Waals surface area contributed by atoms with Crippen LogP contribution in [0, 0.1) is 5.92 Å². The van der Waals surface area contributed by atoms with Crippen LogP contribution in [0.25, 0.3) is 0 Å². The van der Waals surface area contributed by atoms with Gasteiger partial charge in [-0.05, 0) is 23.6 Å². The molecule has 0 spiro atoms. The molecule has 0 N–H and O–H groups in total. The number of carbonyl (C=O) groups excluding carboxylic acids is 1. The van der Waals surface area contributed by atoms with Gasteiger partial charge in [-0.25, -0.2) is 0 Å². The molecule has 0 fully saturated rings. The van der Waals surface area contributed by atoms with Gasteiger partial charge in [0, 0.05) is 17.4 Å². The molecular weight excluding hydrogens is 319 g/mol. The monoisotopic (exact) mass is 334 g/mol. The Hall–Kier alpha value is -1.51. The number of rotatable bonds is 3. The van der Waals surface area contributed by atoms with E-state index in [2.05, 4.69) is 0 Å². The second-order valence-corrected chi connectivity index (χ2v) is 6.19. The van der Waals surface area contributed by atoms with Gasteiger partial charge in [0.25, 0.3) is 0 Å². The highest BCUT2D eigenvalue weighted by atomic mass is 35.5. The largest absolute Gasteiger partial charge is 0.495 e. The van der Waals surface area contributed by atoms with Gasteiger partial charge in [0.2, 0.25) is 0 Å². The second-order valence-electron chi connectivity index (χ2n) is 5.44. The van der Waals surface area contributed by atoms with Crippen LogP contribution in [-0.2, 0) is 0 Å². The minimum absolute atomic E-state index is 0.00244. The van der Waals surface area contributed by atoms with Gasteiger partial charge in [0.05, 0.1) is 12.1 Å². The van der Waals surface area contributed by atoms with Gasteiger partial charge in [-0.3, -0.25) is 4.79 Å². The summed E-state index contributed by atoms with van der Waals surface area (Å²) in [5.41, 5.74) is 2.57. The number of fused-ring (bicyclic) bond motifs is 1. The summed E-state index contributed by atoms with van der Waals surface area (Å²) >= 11 is 12.6. The summed E-state index contributed by atoms with van der Waals surface area (Å²) in [4.78, 5) is 12.8. The molecule has 2 atom stereocenters. The Labute approximate surface area is 140 Å². The predicted molar refractivity (Wildman–Crippen MR) is 89.4 cm³/mol. The Kier molecular flexibility index (Phi) is 4.16. The normalized spacial score (nSPS) is 20.1. The third-order valence-electron chi connectivity index (χ3n) is 4.34. The molecule has 1 aliphatic rings. The average Bonchev–Trinajstić information content (AvgIpc) is 2.83. The minimum atomic E-state index is -0.113. The number of benzene rings is 2. The molecule has 2 aromatic carbocycles. The fourth-order valence-corrected chi connectivity index (χ4v) is 3.83. The lowest BCUT2D eigenvalue weighted by Crippen LogP contribution is -2.13. The number of Topliss-reactive ketones (excluding diaryl/α,β-unsaturated/α-hetero) is 1. The van der Waals surface area contributed by atoms with Gasteiger partial charge in [-0.2, -0.15) is 0 Å². The van der Waals surface area contributed by atoms with E-state index in [9.17, 15) is 4.79 Å². The molecular formula is C18H16Cl2O2. The molecule has 4 heteroatoms. The van der Waals surface area contributed by atoms with Crippen LogP contribution >= 0.6 is 23.2 Å². The average molecular weight is 335 g/mol. The molecule has 22 heavy (non-hydrogen) atoms. The zero-order valence-corrected chi connectivity index (χ0v) is 13.9. The number of hydrogen-bond donors (Lipinski definition) is 0. The molecule has 0 aliphatic heterocycles. The van der Waals surface area contributed by atoms with Crippen LogP contribution in [0.2, 0.25) is 10.0 Å². The zero-order chi connectivity index (χ0) is 15.9. The summed E-state index contributed by atoms with van der Waals surface area (Å²) in [6.07, 6.45) is 0.753. The van der Waals surface area contributed by atoms with Crippen molar-refractivity contribution in [1.29, 1.82) is 0 Å². The highest BCUT2D eigenvalue weighted by molar-refractivity contribution is 6.45. The Balaban J connectivity index is 2.26. The first kappa shape index (κ1) is 15.4. The third kappa shape index (κ3) is 2.22. The minimum Gasteiger partial charge on any atom is -0.495 e. The van der Waals surface area contributed by atoms with Crippen molar-refractivity contribution in [3.8, 4) is 5.75 Å². The van der Waals surface area contributed by atoms with Crippen LogP contribution in [0.1, 0.15) is 40.7 Å². The Morgan fingerprint density at radius 3 is 2.41 bits per heavy atom. The highest BCUT2D eigenvalue weighted by Gasteiger charge is 2.42. The first-order valence-corrected chi connectivity index (χ1v) is 8.00. The molecule has 2 aromatic rings. The summed E-state index contributed by atoms with van der Waals surface area (Å²) in [6.45, 7) is 2.02. The van der Waals surface area contributed by atoms with E-state index in [1.165, 1.54) is 0 Å². The van der Waals surface area contributed by atoms with E-state index in [-0.39, 0.29) is 17.6 Å². The number of ketones is 1. The quantitative estimate of drug-likeness (QED) is 0.755. The van der Waals surface area contributed by atoms with Crippen molar-refractivity contribution < 1.29 is 9.53 Å². The summed E-state index contributed by atoms with van der Waals surface area (Å²) in [5, 5.41) is 0.609. The van der Waals surface area contributed by atoms with E-state index in [0.717, 1.165) is 17.5 Å². The fourth-order valence-electron chi connectivity index (χ4n) is 3.31. The summed E-state index contributed by atoms with van der Waals surface area (Å²) in [5.74, 6) is 0.465. The van der Waals surface area contributed by atoms with Crippen molar-refractivity contribution in [3.63, 3.8) is 0 Å². The third-order valence-corrected chi connectivity index (χ3v) is 5.19. The maximum absolute atomic E-state index is 12.8. The fraction of sp³-hybridized carbons (Fsp3) is 0.278. The van der Waals surface area contributed by atoms with E-state index in [0.29, 0.717) is 21.4 Å². The number of ether oxygens (including phenoxy) is 1.